The Labute approximate surface area is 165 Å². The van der Waals surface area contributed by atoms with E-state index in [0.29, 0.717) is 19.4 Å². The lowest BCUT2D eigenvalue weighted by Crippen LogP contribution is -2.34. The highest BCUT2D eigenvalue weighted by atomic mass is 32.1. The van der Waals surface area contributed by atoms with E-state index >= 15 is 0 Å². The minimum absolute atomic E-state index is 0.109. The maximum absolute atomic E-state index is 12.1. The molecular weight excluding hydrogens is 360 g/mol. The van der Waals surface area contributed by atoms with Gasteiger partial charge in [-0.2, -0.15) is 0 Å². The second-order valence-electron chi connectivity index (χ2n) is 6.46. The zero-order valence-corrected chi connectivity index (χ0v) is 16.0. The fourth-order valence-electron chi connectivity index (χ4n) is 2.88. The molecule has 1 heterocycles. The van der Waals surface area contributed by atoms with Crippen LogP contribution in [0.3, 0.4) is 0 Å². The van der Waals surface area contributed by atoms with E-state index in [-0.39, 0.29) is 17.1 Å². The fourth-order valence-corrected chi connectivity index (χ4v) is 3.11. The van der Waals surface area contributed by atoms with Crippen LogP contribution in [0.4, 0.5) is 5.69 Å². The first kappa shape index (κ1) is 19.3. The SMILES string of the molecule is O=C(CCc1ccccc1)NC(=S)Nc1cccc(OCC2CCCO2)c1. The Kier molecular flexibility index (Phi) is 7.19. The molecular formula is C21H24N2O3S. The third-order valence-electron chi connectivity index (χ3n) is 4.29. The van der Waals surface area contributed by atoms with Crippen LogP contribution in [0.2, 0.25) is 0 Å². The van der Waals surface area contributed by atoms with E-state index < -0.39 is 0 Å². The van der Waals surface area contributed by atoms with Crippen molar-refractivity contribution in [3.05, 3.63) is 60.2 Å². The van der Waals surface area contributed by atoms with E-state index in [0.717, 1.165) is 36.4 Å². The summed E-state index contributed by atoms with van der Waals surface area (Å²) in [5.41, 5.74) is 1.90. The molecule has 2 aromatic carbocycles. The molecule has 1 saturated heterocycles. The van der Waals surface area contributed by atoms with Crippen molar-refractivity contribution in [3.63, 3.8) is 0 Å². The van der Waals surface area contributed by atoms with Crippen molar-refractivity contribution in [1.29, 1.82) is 0 Å². The van der Waals surface area contributed by atoms with Crippen LogP contribution in [0.5, 0.6) is 5.75 Å². The summed E-state index contributed by atoms with van der Waals surface area (Å²) in [5, 5.41) is 6.02. The minimum Gasteiger partial charge on any atom is -0.491 e. The van der Waals surface area contributed by atoms with Gasteiger partial charge in [0.05, 0.1) is 6.10 Å². The lowest BCUT2D eigenvalue weighted by Gasteiger charge is -2.13. The summed E-state index contributed by atoms with van der Waals surface area (Å²) in [5.74, 6) is 0.635. The van der Waals surface area contributed by atoms with Gasteiger partial charge in [0.2, 0.25) is 5.91 Å². The standard InChI is InChI=1S/C21H24N2O3S/c24-20(12-11-16-6-2-1-3-7-16)23-21(27)22-17-8-4-9-18(14-17)26-15-19-10-5-13-25-19/h1-4,6-9,14,19H,5,10-13,15H2,(H2,22,23,24,27). The van der Waals surface area contributed by atoms with E-state index in [1.54, 1.807) is 0 Å². The molecule has 2 aromatic rings. The van der Waals surface area contributed by atoms with Crippen molar-refractivity contribution in [2.75, 3.05) is 18.5 Å². The van der Waals surface area contributed by atoms with Crippen molar-refractivity contribution < 1.29 is 14.3 Å². The topological polar surface area (TPSA) is 59.6 Å². The number of carbonyl (C=O) groups is 1. The summed E-state index contributed by atoms with van der Waals surface area (Å²) in [6.45, 7) is 1.36. The van der Waals surface area contributed by atoms with Gasteiger partial charge in [0.1, 0.15) is 12.4 Å². The first-order chi connectivity index (χ1) is 13.2. The number of hydrogen-bond acceptors (Lipinski definition) is 4. The van der Waals surface area contributed by atoms with E-state index in [4.69, 9.17) is 21.7 Å². The van der Waals surface area contributed by atoms with E-state index in [1.807, 2.05) is 54.6 Å². The van der Waals surface area contributed by atoms with Crippen LogP contribution in [-0.2, 0) is 16.0 Å². The van der Waals surface area contributed by atoms with Crippen LogP contribution in [0.15, 0.2) is 54.6 Å². The number of nitrogens with one attached hydrogen (secondary N) is 2. The molecule has 27 heavy (non-hydrogen) atoms. The molecule has 0 spiro atoms. The molecule has 1 aliphatic heterocycles. The molecule has 1 aliphatic rings. The Morgan fingerprint density at radius 2 is 2.04 bits per heavy atom. The van der Waals surface area contributed by atoms with Gasteiger partial charge in [-0.3, -0.25) is 4.79 Å². The molecule has 1 fully saturated rings. The monoisotopic (exact) mass is 384 g/mol. The number of aryl methyl sites for hydroxylation is 1. The predicted molar refractivity (Wildman–Crippen MR) is 110 cm³/mol. The molecule has 1 amide bonds. The Morgan fingerprint density at radius 1 is 1.19 bits per heavy atom. The second-order valence-corrected chi connectivity index (χ2v) is 6.87. The maximum atomic E-state index is 12.1. The molecule has 0 aliphatic carbocycles. The number of rotatable bonds is 7. The zero-order chi connectivity index (χ0) is 18.9. The van der Waals surface area contributed by atoms with E-state index in [1.165, 1.54) is 0 Å². The van der Waals surface area contributed by atoms with Crippen molar-refractivity contribution in [2.45, 2.75) is 31.8 Å². The van der Waals surface area contributed by atoms with Crippen LogP contribution in [-0.4, -0.2) is 30.3 Å². The second kappa shape index (κ2) is 10.0. The van der Waals surface area contributed by atoms with Gasteiger partial charge in [-0.1, -0.05) is 36.4 Å². The average molecular weight is 385 g/mol. The maximum Gasteiger partial charge on any atom is 0.226 e. The van der Waals surface area contributed by atoms with Crippen LogP contribution >= 0.6 is 12.2 Å². The molecule has 0 saturated carbocycles. The van der Waals surface area contributed by atoms with Gasteiger partial charge in [-0.15, -0.1) is 0 Å². The van der Waals surface area contributed by atoms with Crippen LogP contribution < -0.4 is 15.4 Å². The van der Waals surface area contributed by atoms with Gasteiger partial charge in [0.25, 0.3) is 0 Å². The number of amides is 1. The van der Waals surface area contributed by atoms with Gasteiger partial charge >= 0.3 is 0 Å². The summed E-state index contributed by atoms with van der Waals surface area (Å²) >= 11 is 5.23. The first-order valence-electron chi connectivity index (χ1n) is 9.18. The minimum atomic E-state index is -0.109. The number of anilines is 1. The highest BCUT2D eigenvalue weighted by Gasteiger charge is 2.16. The summed E-state index contributed by atoms with van der Waals surface area (Å²) in [4.78, 5) is 12.1. The van der Waals surface area contributed by atoms with Crippen molar-refractivity contribution in [3.8, 4) is 5.75 Å². The number of carbonyl (C=O) groups excluding carboxylic acids is 1. The van der Waals surface area contributed by atoms with Crippen LogP contribution in [0.25, 0.3) is 0 Å². The van der Waals surface area contributed by atoms with E-state index in [2.05, 4.69) is 10.6 Å². The highest BCUT2D eigenvalue weighted by Crippen LogP contribution is 2.19. The number of benzene rings is 2. The number of thiocarbonyl (C=S) groups is 1. The Bertz CT molecular complexity index is 761. The summed E-state index contributed by atoms with van der Waals surface area (Å²) in [7, 11) is 0. The zero-order valence-electron chi connectivity index (χ0n) is 15.1. The van der Waals surface area contributed by atoms with Crippen LogP contribution in [0.1, 0.15) is 24.8 Å². The summed E-state index contributed by atoms with van der Waals surface area (Å²) in [6, 6.07) is 17.4. The quantitative estimate of drug-likeness (QED) is 0.713. The van der Waals surface area contributed by atoms with Gasteiger partial charge in [-0.25, -0.2) is 0 Å². The molecule has 5 nitrogen and oxygen atoms in total. The Balaban J connectivity index is 1.42. The molecule has 0 aromatic heterocycles. The van der Waals surface area contributed by atoms with Gasteiger partial charge in [0, 0.05) is 24.8 Å². The Hall–Kier alpha value is -2.44. The van der Waals surface area contributed by atoms with Crippen molar-refractivity contribution in [2.24, 2.45) is 0 Å². The average Bonchev–Trinajstić information content (AvgIpc) is 3.19. The first-order valence-corrected chi connectivity index (χ1v) is 9.59. The summed E-state index contributed by atoms with van der Waals surface area (Å²) < 4.78 is 11.3. The number of ether oxygens (including phenoxy) is 2. The third-order valence-corrected chi connectivity index (χ3v) is 4.49. The van der Waals surface area contributed by atoms with Crippen molar-refractivity contribution >= 4 is 28.9 Å². The lowest BCUT2D eigenvalue weighted by atomic mass is 10.1. The van der Waals surface area contributed by atoms with Gasteiger partial charge in [0.15, 0.2) is 5.11 Å². The van der Waals surface area contributed by atoms with Crippen molar-refractivity contribution in [1.82, 2.24) is 5.32 Å². The number of hydrogen-bond donors (Lipinski definition) is 2. The molecule has 0 bridgehead atoms. The molecule has 1 atom stereocenters. The lowest BCUT2D eigenvalue weighted by molar-refractivity contribution is -0.119. The van der Waals surface area contributed by atoms with Gasteiger partial charge in [-0.05, 0) is 49.2 Å². The molecule has 0 radical (unpaired) electrons. The molecule has 3 rings (SSSR count). The summed E-state index contributed by atoms with van der Waals surface area (Å²) in [6.07, 6.45) is 3.37. The molecule has 1 unspecified atom stereocenters. The highest BCUT2D eigenvalue weighted by molar-refractivity contribution is 7.80. The third kappa shape index (κ3) is 6.66. The predicted octanol–water partition coefficient (Wildman–Crippen LogP) is 3.69. The molecule has 6 heteroatoms. The Morgan fingerprint density at radius 3 is 2.81 bits per heavy atom. The van der Waals surface area contributed by atoms with Gasteiger partial charge < -0.3 is 20.1 Å². The van der Waals surface area contributed by atoms with E-state index in [9.17, 15) is 4.79 Å². The fraction of sp³-hybridized carbons (Fsp3) is 0.333. The molecule has 2 N–H and O–H groups in total. The normalized spacial score (nSPS) is 15.9. The molecule has 142 valence electrons. The smallest absolute Gasteiger partial charge is 0.226 e. The largest absolute Gasteiger partial charge is 0.491 e. The van der Waals surface area contributed by atoms with Crippen LogP contribution in [0, 0.1) is 0 Å².